The van der Waals surface area contributed by atoms with Gasteiger partial charge in [0, 0.05) is 21.2 Å². The van der Waals surface area contributed by atoms with Crippen molar-refractivity contribution in [2.24, 2.45) is 0 Å². The van der Waals surface area contributed by atoms with Gasteiger partial charge in [-0.3, -0.25) is 0 Å². The van der Waals surface area contributed by atoms with Crippen molar-refractivity contribution in [2.45, 2.75) is 18.2 Å². The van der Waals surface area contributed by atoms with Gasteiger partial charge in [-0.25, -0.2) is 9.37 Å². The predicted octanol–water partition coefficient (Wildman–Crippen LogP) is 3.51. The smallest absolute Gasteiger partial charge is 0.125 e. The van der Waals surface area contributed by atoms with Gasteiger partial charge in [0.25, 0.3) is 0 Å². The van der Waals surface area contributed by atoms with Crippen LogP contribution in [0.5, 0.6) is 0 Å². The summed E-state index contributed by atoms with van der Waals surface area (Å²) in [6, 6.07) is 4.53. The zero-order valence-electron chi connectivity index (χ0n) is 9.44. The Bertz CT molecular complexity index is 511. The average Bonchev–Trinajstić information content (AvgIpc) is 2.68. The lowest BCUT2D eigenvalue weighted by atomic mass is 10.3. The summed E-state index contributed by atoms with van der Waals surface area (Å²) >= 11 is 3.33. The van der Waals surface area contributed by atoms with Gasteiger partial charge < -0.3 is 5.73 Å². The van der Waals surface area contributed by atoms with Crippen LogP contribution in [-0.4, -0.2) is 10.7 Å². The van der Waals surface area contributed by atoms with Gasteiger partial charge in [0.15, 0.2) is 0 Å². The fraction of sp³-hybridized carbons (Fsp3) is 0.250. The monoisotopic (exact) mass is 268 g/mol. The lowest BCUT2D eigenvalue weighted by Gasteiger charge is -2.04. The number of anilines is 1. The highest BCUT2D eigenvalue weighted by molar-refractivity contribution is 7.99. The van der Waals surface area contributed by atoms with Crippen LogP contribution >= 0.6 is 23.1 Å². The minimum absolute atomic E-state index is 0.287. The van der Waals surface area contributed by atoms with E-state index in [1.54, 1.807) is 29.2 Å². The number of nitrogens with zero attached hydrogens (tertiary/aromatic N) is 1. The molecule has 1 heterocycles. The van der Waals surface area contributed by atoms with E-state index in [2.05, 4.69) is 4.98 Å². The normalized spacial score (nSPS) is 10.7. The van der Waals surface area contributed by atoms with Gasteiger partial charge in [0.1, 0.15) is 5.82 Å². The highest BCUT2D eigenvalue weighted by atomic mass is 32.2. The molecule has 0 aliphatic carbocycles. The topological polar surface area (TPSA) is 38.9 Å². The van der Waals surface area contributed by atoms with E-state index in [0.29, 0.717) is 5.69 Å². The van der Waals surface area contributed by atoms with Crippen LogP contribution < -0.4 is 5.73 Å². The summed E-state index contributed by atoms with van der Waals surface area (Å²) < 4.78 is 12.9. The van der Waals surface area contributed by atoms with E-state index < -0.39 is 0 Å². The number of rotatable bonds is 4. The lowest BCUT2D eigenvalue weighted by Crippen LogP contribution is -1.92. The molecular formula is C12H13FN2S2. The van der Waals surface area contributed by atoms with Crippen molar-refractivity contribution in [1.29, 1.82) is 0 Å². The summed E-state index contributed by atoms with van der Waals surface area (Å²) in [5.74, 6) is 0.643. The largest absolute Gasteiger partial charge is 0.398 e. The van der Waals surface area contributed by atoms with E-state index >= 15 is 0 Å². The molecule has 0 fully saturated rings. The van der Waals surface area contributed by atoms with Crippen LogP contribution in [-0.2, 0) is 6.42 Å². The Kier molecular flexibility index (Phi) is 4.02. The molecule has 0 unspecified atom stereocenters. The molecule has 0 aliphatic rings. The van der Waals surface area contributed by atoms with Crippen molar-refractivity contribution in [1.82, 2.24) is 4.98 Å². The summed E-state index contributed by atoms with van der Waals surface area (Å²) in [4.78, 5) is 6.45. The molecule has 2 N–H and O–H groups in total. The van der Waals surface area contributed by atoms with Crippen molar-refractivity contribution in [2.75, 3.05) is 11.5 Å². The summed E-state index contributed by atoms with van der Waals surface area (Å²) in [5, 5.41) is 0. The Morgan fingerprint density at radius 1 is 1.47 bits per heavy atom. The van der Waals surface area contributed by atoms with Crippen molar-refractivity contribution < 1.29 is 4.39 Å². The first kappa shape index (κ1) is 12.4. The molecular weight excluding hydrogens is 255 g/mol. The van der Waals surface area contributed by atoms with Gasteiger partial charge in [-0.1, -0.05) is 0 Å². The number of halogens is 1. The molecule has 0 amide bonds. The van der Waals surface area contributed by atoms with Crippen LogP contribution in [0.15, 0.2) is 28.6 Å². The van der Waals surface area contributed by atoms with Crippen LogP contribution in [0.25, 0.3) is 0 Å². The van der Waals surface area contributed by atoms with Crippen LogP contribution in [0.2, 0.25) is 0 Å². The highest BCUT2D eigenvalue weighted by Gasteiger charge is 2.04. The number of thiazole rings is 1. The van der Waals surface area contributed by atoms with Crippen molar-refractivity contribution in [3.63, 3.8) is 0 Å². The van der Waals surface area contributed by atoms with E-state index in [4.69, 9.17) is 5.73 Å². The van der Waals surface area contributed by atoms with E-state index in [1.165, 1.54) is 17.0 Å². The Morgan fingerprint density at radius 3 is 2.94 bits per heavy atom. The molecule has 5 heteroatoms. The molecule has 90 valence electrons. The second-order valence-electron chi connectivity index (χ2n) is 3.64. The van der Waals surface area contributed by atoms with Gasteiger partial charge in [0.05, 0.1) is 11.2 Å². The third-order valence-corrected chi connectivity index (χ3v) is 4.49. The molecule has 17 heavy (non-hydrogen) atoms. The standard InChI is InChI=1S/C12H13FN2S2/c1-8-11(17-7-15-8)4-5-16-12-3-2-9(13)6-10(12)14/h2-3,6-7H,4-5,14H2,1H3. The summed E-state index contributed by atoms with van der Waals surface area (Å²) in [6.07, 6.45) is 0.970. The van der Waals surface area contributed by atoms with Crippen LogP contribution in [0.4, 0.5) is 10.1 Å². The van der Waals surface area contributed by atoms with Crippen molar-refractivity contribution in [3.8, 4) is 0 Å². The molecule has 0 aliphatic heterocycles. The molecule has 0 bridgehead atoms. The number of hydrogen-bond acceptors (Lipinski definition) is 4. The number of benzene rings is 1. The Hall–Kier alpha value is -1.07. The second-order valence-corrected chi connectivity index (χ2v) is 5.72. The van der Waals surface area contributed by atoms with Crippen LogP contribution in [0.1, 0.15) is 10.6 Å². The number of nitrogen functional groups attached to an aromatic ring is 1. The van der Waals surface area contributed by atoms with E-state index in [1.807, 2.05) is 12.4 Å². The zero-order chi connectivity index (χ0) is 12.3. The van der Waals surface area contributed by atoms with Gasteiger partial charge in [-0.05, 0) is 31.5 Å². The maximum atomic E-state index is 12.9. The van der Waals surface area contributed by atoms with Gasteiger partial charge >= 0.3 is 0 Å². The molecule has 0 radical (unpaired) electrons. The Labute approximate surface area is 108 Å². The molecule has 2 rings (SSSR count). The fourth-order valence-electron chi connectivity index (χ4n) is 1.47. The van der Waals surface area contributed by atoms with Crippen LogP contribution in [0.3, 0.4) is 0 Å². The third kappa shape index (κ3) is 3.20. The molecule has 0 spiro atoms. The summed E-state index contributed by atoms with van der Waals surface area (Å²) in [7, 11) is 0. The van der Waals surface area contributed by atoms with Crippen molar-refractivity contribution >= 4 is 28.8 Å². The first-order valence-electron chi connectivity index (χ1n) is 5.23. The number of aromatic nitrogens is 1. The molecule has 0 saturated carbocycles. The summed E-state index contributed by atoms with van der Waals surface area (Å²) in [6.45, 7) is 2.02. The molecule has 0 atom stereocenters. The third-order valence-electron chi connectivity index (χ3n) is 2.40. The van der Waals surface area contributed by atoms with Gasteiger partial charge in [-0.2, -0.15) is 0 Å². The molecule has 1 aromatic heterocycles. The fourth-order valence-corrected chi connectivity index (χ4v) is 3.30. The first-order chi connectivity index (χ1) is 8.16. The van der Waals surface area contributed by atoms with E-state index in [0.717, 1.165) is 22.8 Å². The number of nitrogens with two attached hydrogens (primary N) is 1. The maximum Gasteiger partial charge on any atom is 0.125 e. The second kappa shape index (κ2) is 5.51. The minimum atomic E-state index is -0.287. The van der Waals surface area contributed by atoms with E-state index in [9.17, 15) is 4.39 Å². The minimum Gasteiger partial charge on any atom is -0.398 e. The van der Waals surface area contributed by atoms with Crippen LogP contribution in [0, 0.1) is 12.7 Å². The molecule has 2 nitrogen and oxygen atoms in total. The predicted molar refractivity (Wildman–Crippen MR) is 72.1 cm³/mol. The molecule has 0 saturated heterocycles. The lowest BCUT2D eigenvalue weighted by molar-refractivity contribution is 0.627. The molecule has 2 aromatic rings. The quantitative estimate of drug-likeness (QED) is 0.681. The number of hydrogen-bond donors (Lipinski definition) is 1. The Morgan fingerprint density at radius 2 is 2.29 bits per heavy atom. The van der Waals surface area contributed by atoms with E-state index in [-0.39, 0.29) is 5.82 Å². The number of aryl methyl sites for hydroxylation is 2. The summed E-state index contributed by atoms with van der Waals surface area (Å²) in [5.41, 5.74) is 9.21. The highest BCUT2D eigenvalue weighted by Crippen LogP contribution is 2.27. The zero-order valence-corrected chi connectivity index (χ0v) is 11.1. The van der Waals surface area contributed by atoms with Gasteiger partial charge in [0.2, 0.25) is 0 Å². The first-order valence-corrected chi connectivity index (χ1v) is 7.10. The van der Waals surface area contributed by atoms with Crippen molar-refractivity contribution in [3.05, 3.63) is 40.1 Å². The van der Waals surface area contributed by atoms with Gasteiger partial charge in [-0.15, -0.1) is 23.1 Å². The SMILES string of the molecule is Cc1ncsc1CCSc1ccc(F)cc1N. The average molecular weight is 268 g/mol. The number of thioether (sulfide) groups is 1. The molecule has 1 aromatic carbocycles. The Balaban J connectivity index is 1.92. The maximum absolute atomic E-state index is 12.9.